The summed E-state index contributed by atoms with van der Waals surface area (Å²) in [5, 5.41) is 11.5. The second-order valence-electron chi connectivity index (χ2n) is 15.0. The number of hydrogen-bond acceptors (Lipinski definition) is 15. The summed E-state index contributed by atoms with van der Waals surface area (Å²) in [6, 6.07) is 13.9. The Kier molecular flexibility index (Phi) is 16.4. The lowest BCUT2D eigenvalue weighted by molar-refractivity contribution is 0.0122. The molecule has 2 amide bonds. The van der Waals surface area contributed by atoms with E-state index in [2.05, 4.69) is 70.4 Å². The molecule has 0 aliphatic carbocycles. The molecule has 6 aromatic rings. The zero-order valence-electron chi connectivity index (χ0n) is 35.8. The lowest BCUT2D eigenvalue weighted by Gasteiger charge is -2.36. The van der Waals surface area contributed by atoms with Gasteiger partial charge in [-0.3, -0.25) is 24.3 Å². The summed E-state index contributed by atoms with van der Waals surface area (Å²) >= 11 is 2.86. The Morgan fingerprint density at radius 1 is 0.905 bits per heavy atom. The van der Waals surface area contributed by atoms with Crippen molar-refractivity contribution in [1.82, 2.24) is 49.8 Å². The second kappa shape index (κ2) is 22.7. The fourth-order valence-electron chi connectivity index (χ4n) is 6.89. The summed E-state index contributed by atoms with van der Waals surface area (Å²) in [7, 11) is 1.72. The van der Waals surface area contributed by atoms with Gasteiger partial charge in [0.25, 0.3) is 17.4 Å². The number of anilines is 1. The van der Waals surface area contributed by atoms with Crippen molar-refractivity contribution >= 4 is 51.6 Å². The SMILES string of the molecule is CCc1cc2ncc(CN3CCN(c4ccc(C(=O)NCCOCCOCCOCCN(C)C(=O)c5nnc(SCc6ccc(-n7ccnc7)cc6C)s5)nc4)CC3)cc2[nH]c1=O. The fourth-order valence-corrected chi connectivity index (χ4v) is 8.81. The molecule has 0 bridgehead atoms. The number of fused-ring (bicyclic) bond motifs is 1. The molecule has 1 fully saturated rings. The topological polar surface area (TPSA) is 186 Å². The average molecular weight is 896 g/mol. The number of likely N-dealkylation sites (N-methyl/N-ethyl adjacent to an activating group) is 1. The maximum atomic E-state index is 12.9. The summed E-state index contributed by atoms with van der Waals surface area (Å²) in [5.41, 5.74) is 8.07. The van der Waals surface area contributed by atoms with Gasteiger partial charge in [-0.1, -0.05) is 36.1 Å². The Hall–Kier alpha value is -5.57. The van der Waals surface area contributed by atoms with Crippen LogP contribution in [0.4, 0.5) is 5.69 Å². The monoisotopic (exact) mass is 895 g/mol. The third kappa shape index (κ3) is 12.8. The number of nitrogens with one attached hydrogen (secondary N) is 2. The number of ether oxygens (including phenoxy) is 3. The maximum Gasteiger partial charge on any atom is 0.284 e. The van der Waals surface area contributed by atoms with E-state index in [1.165, 1.54) is 22.5 Å². The van der Waals surface area contributed by atoms with Gasteiger partial charge < -0.3 is 38.9 Å². The molecule has 1 aliphatic rings. The zero-order chi connectivity index (χ0) is 44.0. The third-order valence-corrected chi connectivity index (χ3v) is 12.7. The molecule has 6 heterocycles. The van der Waals surface area contributed by atoms with Crippen molar-refractivity contribution in [2.24, 2.45) is 0 Å². The van der Waals surface area contributed by atoms with Gasteiger partial charge in [0.1, 0.15) is 5.69 Å². The quantitative estimate of drug-likeness (QED) is 0.0722. The highest BCUT2D eigenvalue weighted by molar-refractivity contribution is 8.00. The molecule has 0 radical (unpaired) electrons. The number of nitrogens with zero attached hydrogens (tertiary/aromatic N) is 9. The minimum absolute atomic E-state index is 0.0536. The minimum Gasteiger partial charge on any atom is -0.377 e. The highest BCUT2D eigenvalue weighted by Crippen LogP contribution is 2.28. The number of thioether (sulfide) groups is 1. The van der Waals surface area contributed by atoms with Crippen LogP contribution < -0.4 is 15.8 Å². The molecular weight excluding hydrogens is 843 g/mol. The Labute approximate surface area is 374 Å². The number of H-pyrrole nitrogens is 1. The van der Waals surface area contributed by atoms with Crippen LogP contribution in [0.15, 0.2) is 82.7 Å². The number of amides is 2. The summed E-state index contributed by atoms with van der Waals surface area (Å²) in [6.07, 6.45) is 9.76. The number of pyridine rings is 3. The Morgan fingerprint density at radius 3 is 2.41 bits per heavy atom. The van der Waals surface area contributed by atoms with Crippen LogP contribution in [0.1, 0.15) is 49.5 Å². The average Bonchev–Trinajstić information content (AvgIpc) is 4.02. The lowest BCUT2D eigenvalue weighted by atomic mass is 10.1. The van der Waals surface area contributed by atoms with Gasteiger partial charge in [-0.25, -0.2) is 9.97 Å². The van der Waals surface area contributed by atoms with Crippen LogP contribution in [0, 0.1) is 6.92 Å². The van der Waals surface area contributed by atoms with Crippen molar-refractivity contribution in [2.45, 2.75) is 36.9 Å². The van der Waals surface area contributed by atoms with E-state index < -0.39 is 0 Å². The molecule has 0 atom stereocenters. The highest BCUT2D eigenvalue weighted by Gasteiger charge is 2.20. The van der Waals surface area contributed by atoms with E-state index >= 15 is 0 Å². The molecule has 1 aromatic carbocycles. The normalized spacial score (nSPS) is 13.2. The van der Waals surface area contributed by atoms with Crippen molar-refractivity contribution in [1.29, 1.82) is 0 Å². The van der Waals surface area contributed by atoms with Gasteiger partial charge in [-0.05, 0) is 66.4 Å². The fraction of sp³-hybridized carbons (Fsp3) is 0.409. The van der Waals surface area contributed by atoms with E-state index in [0.717, 1.165) is 76.4 Å². The predicted molar refractivity (Wildman–Crippen MR) is 243 cm³/mol. The first-order chi connectivity index (χ1) is 30.7. The van der Waals surface area contributed by atoms with Crippen molar-refractivity contribution in [2.75, 3.05) is 90.9 Å². The lowest BCUT2D eigenvalue weighted by Crippen LogP contribution is -2.46. The predicted octanol–water partition coefficient (Wildman–Crippen LogP) is 4.39. The summed E-state index contributed by atoms with van der Waals surface area (Å²) < 4.78 is 19.6. The standard InChI is InChI=1S/C44H53N11O6S2/c1-4-33-25-38-39(49-40(33)56)24-32(26-47-38)28-53-12-14-54(15-13-53)36-7-8-37(48-27-36)41(57)46-10-17-59-19-21-61-22-20-60-18-16-52(3)43(58)42-50-51-44(63-42)62-29-34-5-6-35(23-31(34)2)55-11-9-45-30-55/h5-9,11,23-27,30H,4,10,12-22,28-29H2,1-3H3,(H,46,57)(H,49,56). The van der Waals surface area contributed by atoms with E-state index in [9.17, 15) is 14.4 Å². The Bertz CT molecular complexity index is 2470. The number of hydrogen-bond donors (Lipinski definition) is 2. The summed E-state index contributed by atoms with van der Waals surface area (Å²) in [6.45, 7) is 11.2. The van der Waals surface area contributed by atoms with E-state index in [-0.39, 0.29) is 17.4 Å². The van der Waals surface area contributed by atoms with Gasteiger partial charge >= 0.3 is 0 Å². The van der Waals surface area contributed by atoms with Crippen LogP contribution in [0.3, 0.4) is 0 Å². The molecule has 2 N–H and O–H groups in total. The molecule has 7 rings (SSSR count). The number of benzene rings is 1. The van der Waals surface area contributed by atoms with Gasteiger partial charge in [-0.15, -0.1) is 10.2 Å². The second-order valence-corrected chi connectivity index (χ2v) is 17.2. The molecule has 0 saturated carbocycles. The molecule has 5 aromatic heterocycles. The van der Waals surface area contributed by atoms with Crippen LogP contribution >= 0.6 is 23.1 Å². The summed E-state index contributed by atoms with van der Waals surface area (Å²) in [4.78, 5) is 60.1. The van der Waals surface area contributed by atoms with Gasteiger partial charge in [-0.2, -0.15) is 0 Å². The number of aryl methyl sites for hydroxylation is 2. The molecule has 63 heavy (non-hydrogen) atoms. The van der Waals surface area contributed by atoms with Crippen LogP contribution in [0.2, 0.25) is 0 Å². The van der Waals surface area contributed by atoms with E-state index in [0.29, 0.717) is 69.9 Å². The van der Waals surface area contributed by atoms with Gasteiger partial charge in [0, 0.05) is 88.5 Å². The smallest absolute Gasteiger partial charge is 0.284 e. The number of carbonyl (C=O) groups excluding carboxylic acids is 2. The van der Waals surface area contributed by atoms with Crippen LogP contribution in [-0.2, 0) is 32.9 Å². The van der Waals surface area contributed by atoms with Crippen molar-refractivity contribution in [3.63, 3.8) is 0 Å². The molecular formula is C44H53N11O6S2. The molecule has 1 saturated heterocycles. The Morgan fingerprint density at radius 2 is 1.68 bits per heavy atom. The number of carbonyl (C=O) groups is 2. The van der Waals surface area contributed by atoms with Gasteiger partial charge in [0.2, 0.25) is 5.01 Å². The third-order valence-electron chi connectivity index (χ3n) is 10.6. The minimum atomic E-state index is -0.255. The highest BCUT2D eigenvalue weighted by atomic mass is 32.2. The number of aromatic nitrogens is 7. The zero-order valence-corrected chi connectivity index (χ0v) is 37.5. The Balaban J connectivity index is 0.690. The van der Waals surface area contributed by atoms with Gasteiger partial charge in [0.15, 0.2) is 4.34 Å². The van der Waals surface area contributed by atoms with Crippen LogP contribution in [-0.4, -0.2) is 142 Å². The van der Waals surface area contributed by atoms with Crippen LogP contribution in [0.5, 0.6) is 0 Å². The molecule has 332 valence electrons. The summed E-state index contributed by atoms with van der Waals surface area (Å²) in [5.74, 6) is 0.281. The maximum absolute atomic E-state index is 12.9. The van der Waals surface area contributed by atoms with Gasteiger partial charge in [0.05, 0.1) is 68.9 Å². The number of rotatable bonds is 22. The first-order valence-electron chi connectivity index (χ1n) is 21.0. The van der Waals surface area contributed by atoms with E-state index in [1.54, 1.807) is 48.5 Å². The molecule has 17 nitrogen and oxygen atoms in total. The van der Waals surface area contributed by atoms with E-state index in [4.69, 9.17) is 14.2 Å². The molecule has 1 aliphatic heterocycles. The first-order valence-corrected chi connectivity index (χ1v) is 22.8. The van der Waals surface area contributed by atoms with Crippen molar-refractivity contribution in [3.05, 3.63) is 117 Å². The number of piperazine rings is 1. The van der Waals surface area contributed by atoms with Crippen molar-refractivity contribution in [3.8, 4) is 5.69 Å². The first kappa shape index (κ1) is 45.5. The number of aromatic amines is 1. The van der Waals surface area contributed by atoms with Crippen LogP contribution in [0.25, 0.3) is 16.7 Å². The van der Waals surface area contributed by atoms with Crippen molar-refractivity contribution < 1.29 is 23.8 Å². The number of imidazole rings is 1. The molecule has 19 heteroatoms. The van der Waals surface area contributed by atoms with E-state index in [1.807, 2.05) is 42.1 Å². The largest absolute Gasteiger partial charge is 0.377 e. The molecule has 0 unspecified atom stereocenters. The molecule has 0 spiro atoms.